The molecule has 6 heteroatoms. The number of rotatable bonds is 2. The van der Waals surface area contributed by atoms with Gasteiger partial charge in [-0.3, -0.25) is 9.48 Å². The third-order valence-corrected chi connectivity index (χ3v) is 4.13. The first-order chi connectivity index (χ1) is 9.56. The van der Waals surface area contributed by atoms with E-state index in [4.69, 9.17) is 0 Å². The van der Waals surface area contributed by atoms with Crippen molar-refractivity contribution in [2.75, 3.05) is 5.32 Å². The summed E-state index contributed by atoms with van der Waals surface area (Å²) >= 11 is 1.44. The number of fused-ring (bicyclic) bond motifs is 1. The Morgan fingerprint density at radius 1 is 1.35 bits per heavy atom. The largest absolute Gasteiger partial charge is 0.322 e. The number of nitrogens with zero attached hydrogens (tertiary/aromatic N) is 3. The fraction of sp³-hybridized carbons (Fsp3) is 0.214. The topological polar surface area (TPSA) is 59.8 Å². The average molecular weight is 286 g/mol. The van der Waals surface area contributed by atoms with Gasteiger partial charge in [0.1, 0.15) is 0 Å². The summed E-state index contributed by atoms with van der Waals surface area (Å²) in [5.74, 6) is -0.129. The Hall–Kier alpha value is -2.21. The maximum Gasteiger partial charge on any atom is 0.259 e. The molecule has 0 aliphatic rings. The predicted octanol–water partition coefficient (Wildman–Crippen LogP) is 2.90. The smallest absolute Gasteiger partial charge is 0.259 e. The van der Waals surface area contributed by atoms with E-state index in [1.165, 1.54) is 11.5 Å². The van der Waals surface area contributed by atoms with Gasteiger partial charge in [0.05, 0.1) is 16.0 Å². The summed E-state index contributed by atoms with van der Waals surface area (Å²) in [6.07, 6.45) is 1.80. The molecule has 0 unspecified atom stereocenters. The molecule has 102 valence electrons. The summed E-state index contributed by atoms with van der Waals surface area (Å²) in [6.45, 7) is 3.73. The highest BCUT2D eigenvalue weighted by molar-refractivity contribution is 7.13. The van der Waals surface area contributed by atoms with E-state index in [9.17, 15) is 4.79 Å². The third-order valence-electron chi connectivity index (χ3n) is 3.35. The van der Waals surface area contributed by atoms with Crippen LogP contribution in [0.2, 0.25) is 0 Å². The fourth-order valence-corrected chi connectivity index (χ4v) is 2.87. The maximum absolute atomic E-state index is 12.4. The molecule has 0 radical (unpaired) electrons. The maximum atomic E-state index is 12.4. The zero-order chi connectivity index (χ0) is 14.3. The van der Waals surface area contributed by atoms with Gasteiger partial charge in [0.15, 0.2) is 0 Å². The Morgan fingerprint density at radius 2 is 2.15 bits per heavy atom. The Labute approximate surface area is 120 Å². The molecule has 3 rings (SSSR count). The monoisotopic (exact) mass is 286 g/mol. The molecule has 0 saturated heterocycles. The van der Waals surface area contributed by atoms with E-state index in [2.05, 4.69) is 14.8 Å². The Kier molecular flexibility index (Phi) is 3.02. The molecule has 0 aliphatic carbocycles. The first-order valence-corrected chi connectivity index (χ1v) is 6.99. The van der Waals surface area contributed by atoms with Crippen LogP contribution in [0.25, 0.3) is 10.1 Å². The van der Waals surface area contributed by atoms with Gasteiger partial charge >= 0.3 is 0 Å². The van der Waals surface area contributed by atoms with Crippen LogP contribution >= 0.6 is 11.5 Å². The van der Waals surface area contributed by atoms with Gasteiger partial charge in [-0.25, -0.2) is 0 Å². The van der Waals surface area contributed by atoms with Crippen LogP contribution in [0.3, 0.4) is 0 Å². The quantitative estimate of drug-likeness (QED) is 0.788. The molecular formula is C14H14N4OS. The standard InChI is InChI=1S/C14H14N4OS/c1-8-13(9(2)18(3)17-8)14(19)16-11-4-5-12-10(6-11)7-15-20-12/h4-7H,1-3H3,(H,16,19). The highest BCUT2D eigenvalue weighted by Gasteiger charge is 2.17. The molecule has 0 aliphatic heterocycles. The van der Waals surface area contributed by atoms with Crippen molar-refractivity contribution in [1.82, 2.24) is 14.2 Å². The summed E-state index contributed by atoms with van der Waals surface area (Å²) in [5, 5.41) is 8.22. The van der Waals surface area contributed by atoms with Crippen LogP contribution in [0.5, 0.6) is 0 Å². The van der Waals surface area contributed by atoms with Gasteiger partial charge in [-0.2, -0.15) is 9.47 Å². The minimum atomic E-state index is -0.129. The van der Waals surface area contributed by atoms with Crippen LogP contribution in [0.15, 0.2) is 24.4 Å². The summed E-state index contributed by atoms with van der Waals surface area (Å²) in [6, 6.07) is 5.78. The lowest BCUT2D eigenvalue weighted by atomic mass is 10.1. The highest BCUT2D eigenvalue weighted by Crippen LogP contribution is 2.23. The first-order valence-electron chi connectivity index (χ1n) is 6.22. The van der Waals surface area contributed by atoms with Crippen LogP contribution in [0.4, 0.5) is 5.69 Å². The van der Waals surface area contributed by atoms with Crippen molar-refractivity contribution in [3.63, 3.8) is 0 Å². The van der Waals surface area contributed by atoms with Gasteiger partial charge in [-0.1, -0.05) is 0 Å². The van der Waals surface area contributed by atoms with E-state index in [1.807, 2.05) is 39.1 Å². The number of benzene rings is 1. The molecule has 3 aromatic rings. The lowest BCUT2D eigenvalue weighted by Crippen LogP contribution is -2.14. The Morgan fingerprint density at radius 3 is 2.85 bits per heavy atom. The van der Waals surface area contributed by atoms with Gasteiger partial charge in [-0.05, 0) is 43.6 Å². The first kappa shape index (κ1) is 12.8. The molecule has 0 fully saturated rings. The number of anilines is 1. The number of amides is 1. The minimum Gasteiger partial charge on any atom is -0.322 e. The third kappa shape index (κ3) is 2.08. The van der Waals surface area contributed by atoms with E-state index in [0.29, 0.717) is 5.56 Å². The SMILES string of the molecule is Cc1nn(C)c(C)c1C(=O)Nc1ccc2sncc2c1. The molecular weight excluding hydrogens is 272 g/mol. The van der Waals surface area contributed by atoms with Gasteiger partial charge in [0.25, 0.3) is 5.91 Å². The summed E-state index contributed by atoms with van der Waals surface area (Å²) in [5.41, 5.74) is 3.00. The number of carbonyl (C=O) groups excluding carboxylic acids is 1. The molecule has 0 saturated carbocycles. The second-order valence-electron chi connectivity index (χ2n) is 4.70. The Balaban J connectivity index is 1.91. The molecule has 2 aromatic heterocycles. The van der Waals surface area contributed by atoms with Crippen molar-refractivity contribution < 1.29 is 4.79 Å². The van der Waals surface area contributed by atoms with Gasteiger partial charge < -0.3 is 5.32 Å². The zero-order valence-electron chi connectivity index (χ0n) is 11.5. The lowest BCUT2D eigenvalue weighted by molar-refractivity contribution is 0.102. The summed E-state index contributed by atoms with van der Waals surface area (Å²) in [7, 11) is 1.84. The average Bonchev–Trinajstić information content (AvgIpc) is 2.94. The normalized spacial score (nSPS) is 10.9. The van der Waals surface area contributed by atoms with E-state index in [-0.39, 0.29) is 5.91 Å². The van der Waals surface area contributed by atoms with E-state index >= 15 is 0 Å². The van der Waals surface area contributed by atoms with E-state index in [0.717, 1.165) is 27.2 Å². The predicted molar refractivity (Wildman–Crippen MR) is 80.3 cm³/mol. The van der Waals surface area contributed by atoms with Crippen molar-refractivity contribution in [2.24, 2.45) is 7.05 Å². The van der Waals surface area contributed by atoms with Crippen LogP contribution in [0, 0.1) is 13.8 Å². The fourth-order valence-electron chi connectivity index (χ4n) is 2.25. The summed E-state index contributed by atoms with van der Waals surface area (Å²) in [4.78, 5) is 12.4. The molecule has 1 amide bonds. The van der Waals surface area contributed by atoms with Crippen LogP contribution < -0.4 is 5.32 Å². The lowest BCUT2D eigenvalue weighted by Gasteiger charge is -2.05. The van der Waals surface area contributed by atoms with Gasteiger partial charge in [-0.15, -0.1) is 0 Å². The molecule has 0 spiro atoms. The van der Waals surface area contributed by atoms with Crippen LogP contribution in [0.1, 0.15) is 21.7 Å². The molecule has 0 bridgehead atoms. The van der Waals surface area contributed by atoms with Gasteiger partial charge in [0, 0.05) is 30.0 Å². The highest BCUT2D eigenvalue weighted by atomic mass is 32.1. The van der Waals surface area contributed by atoms with Crippen molar-refractivity contribution in [2.45, 2.75) is 13.8 Å². The number of nitrogens with one attached hydrogen (secondary N) is 1. The number of hydrogen-bond donors (Lipinski definition) is 1. The zero-order valence-corrected chi connectivity index (χ0v) is 12.3. The Bertz CT molecular complexity index is 803. The van der Waals surface area contributed by atoms with Crippen molar-refractivity contribution in [3.8, 4) is 0 Å². The number of hydrogen-bond acceptors (Lipinski definition) is 4. The molecule has 1 aromatic carbocycles. The number of aryl methyl sites for hydroxylation is 2. The molecule has 1 N–H and O–H groups in total. The number of carbonyl (C=O) groups is 1. The minimum absolute atomic E-state index is 0.129. The second-order valence-corrected chi connectivity index (χ2v) is 5.54. The van der Waals surface area contributed by atoms with E-state index in [1.54, 1.807) is 10.9 Å². The van der Waals surface area contributed by atoms with Crippen LogP contribution in [-0.2, 0) is 7.05 Å². The molecule has 5 nitrogen and oxygen atoms in total. The summed E-state index contributed by atoms with van der Waals surface area (Å²) < 4.78 is 6.95. The molecule has 0 atom stereocenters. The molecule has 2 heterocycles. The van der Waals surface area contributed by atoms with E-state index < -0.39 is 0 Å². The van der Waals surface area contributed by atoms with Crippen LogP contribution in [-0.4, -0.2) is 20.1 Å². The number of aromatic nitrogens is 3. The van der Waals surface area contributed by atoms with Crippen molar-refractivity contribution in [1.29, 1.82) is 0 Å². The van der Waals surface area contributed by atoms with Crippen molar-refractivity contribution >= 4 is 33.2 Å². The van der Waals surface area contributed by atoms with Gasteiger partial charge in [0.2, 0.25) is 0 Å². The molecule has 20 heavy (non-hydrogen) atoms. The second kappa shape index (κ2) is 4.72. The van der Waals surface area contributed by atoms with Crippen molar-refractivity contribution in [3.05, 3.63) is 41.3 Å².